The van der Waals surface area contributed by atoms with E-state index in [9.17, 15) is 4.79 Å². The topological polar surface area (TPSA) is 45.7 Å². The third-order valence-corrected chi connectivity index (χ3v) is 3.73. The number of halogens is 2. The minimum atomic E-state index is -0.0434. The molecule has 0 bridgehead atoms. The van der Waals surface area contributed by atoms with Gasteiger partial charge in [-0.3, -0.25) is 4.79 Å². The van der Waals surface area contributed by atoms with Gasteiger partial charge in [0.1, 0.15) is 6.04 Å². The van der Waals surface area contributed by atoms with Crippen molar-refractivity contribution in [3.05, 3.63) is 64.1 Å². The number of rotatable bonds is 5. The highest BCUT2D eigenvalue weighted by Gasteiger charge is 2.14. The molecule has 2 aromatic carbocycles. The van der Waals surface area contributed by atoms with Gasteiger partial charge in [-0.05, 0) is 31.2 Å². The summed E-state index contributed by atoms with van der Waals surface area (Å²) in [6, 6.07) is 14.9. The first-order chi connectivity index (χ1) is 10.1. The van der Waals surface area contributed by atoms with E-state index >= 15 is 0 Å². The molecule has 0 spiro atoms. The van der Waals surface area contributed by atoms with Gasteiger partial charge in [-0.1, -0.05) is 47.5 Å². The summed E-state index contributed by atoms with van der Waals surface area (Å²) in [6.45, 7) is 2.33. The lowest BCUT2D eigenvalue weighted by Gasteiger charge is -2.13. The van der Waals surface area contributed by atoms with Crippen LogP contribution in [0.2, 0.25) is 10.0 Å². The second-order valence-corrected chi connectivity index (χ2v) is 5.65. The maximum absolute atomic E-state index is 11.9. The predicted octanol–water partition coefficient (Wildman–Crippen LogP) is 3.26. The first-order valence-corrected chi connectivity index (χ1v) is 7.45. The van der Waals surface area contributed by atoms with Crippen molar-refractivity contribution >= 4 is 34.8 Å². The number of hydrogen-bond acceptors (Lipinski definition) is 1. The SMILES string of the molecule is C[C@H]([NH2+]CC(=O)Nc1ccccc1)c1ccc(Cl)cc1Cl. The summed E-state index contributed by atoms with van der Waals surface area (Å²) in [6.07, 6.45) is 0. The summed E-state index contributed by atoms with van der Waals surface area (Å²) in [4.78, 5) is 11.9. The molecule has 0 fully saturated rings. The Bertz CT molecular complexity index is 617. The van der Waals surface area contributed by atoms with Gasteiger partial charge in [0.05, 0.1) is 5.02 Å². The lowest BCUT2D eigenvalue weighted by atomic mass is 10.1. The van der Waals surface area contributed by atoms with Crippen LogP contribution in [0.4, 0.5) is 5.69 Å². The van der Waals surface area contributed by atoms with Crippen LogP contribution in [-0.2, 0) is 4.79 Å². The number of benzene rings is 2. The summed E-state index contributed by atoms with van der Waals surface area (Å²) >= 11 is 12.0. The number of nitrogens with two attached hydrogens (primary N) is 1. The second-order valence-electron chi connectivity index (χ2n) is 4.81. The van der Waals surface area contributed by atoms with Crippen molar-refractivity contribution in [3.8, 4) is 0 Å². The fraction of sp³-hybridized carbons (Fsp3) is 0.188. The first-order valence-electron chi connectivity index (χ1n) is 6.69. The monoisotopic (exact) mass is 323 g/mol. The molecule has 3 N–H and O–H groups in total. The van der Waals surface area contributed by atoms with Crippen LogP contribution in [0.3, 0.4) is 0 Å². The molecule has 5 heteroatoms. The Morgan fingerprint density at radius 2 is 1.90 bits per heavy atom. The van der Waals surface area contributed by atoms with Crippen LogP contribution >= 0.6 is 23.2 Å². The van der Waals surface area contributed by atoms with Crippen molar-refractivity contribution in [2.45, 2.75) is 13.0 Å². The van der Waals surface area contributed by atoms with Crippen LogP contribution in [-0.4, -0.2) is 12.5 Å². The molecule has 1 atom stereocenters. The smallest absolute Gasteiger partial charge is 0.279 e. The largest absolute Gasteiger partial charge is 0.332 e. The van der Waals surface area contributed by atoms with Gasteiger partial charge in [-0.25, -0.2) is 0 Å². The van der Waals surface area contributed by atoms with Gasteiger partial charge in [-0.2, -0.15) is 0 Å². The van der Waals surface area contributed by atoms with Gasteiger partial charge < -0.3 is 10.6 Å². The molecule has 0 aliphatic rings. The average molecular weight is 324 g/mol. The molecule has 2 aromatic rings. The molecule has 0 unspecified atom stereocenters. The Balaban J connectivity index is 1.89. The zero-order valence-electron chi connectivity index (χ0n) is 11.6. The fourth-order valence-electron chi connectivity index (χ4n) is 2.02. The van der Waals surface area contributed by atoms with Crippen molar-refractivity contribution in [1.82, 2.24) is 0 Å². The third-order valence-electron chi connectivity index (χ3n) is 3.17. The Morgan fingerprint density at radius 3 is 2.57 bits per heavy atom. The van der Waals surface area contributed by atoms with Crippen LogP contribution < -0.4 is 10.6 Å². The zero-order valence-corrected chi connectivity index (χ0v) is 13.2. The predicted molar refractivity (Wildman–Crippen MR) is 86.7 cm³/mol. The van der Waals surface area contributed by atoms with Crippen LogP contribution in [0.25, 0.3) is 0 Å². The summed E-state index contributed by atoms with van der Waals surface area (Å²) in [7, 11) is 0. The van der Waals surface area contributed by atoms with Crippen molar-refractivity contribution in [2.24, 2.45) is 0 Å². The minimum Gasteiger partial charge on any atom is -0.332 e. The van der Waals surface area contributed by atoms with Crippen LogP contribution in [0, 0.1) is 0 Å². The zero-order chi connectivity index (χ0) is 15.2. The van der Waals surface area contributed by atoms with E-state index in [4.69, 9.17) is 23.2 Å². The summed E-state index contributed by atoms with van der Waals surface area (Å²) in [5.41, 5.74) is 1.77. The molecule has 0 saturated carbocycles. The van der Waals surface area contributed by atoms with Gasteiger partial charge in [0.2, 0.25) is 0 Å². The van der Waals surface area contributed by atoms with E-state index in [2.05, 4.69) is 5.32 Å². The van der Waals surface area contributed by atoms with Crippen molar-refractivity contribution in [2.75, 3.05) is 11.9 Å². The standard InChI is InChI=1S/C16H16Cl2N2O/c1-11(14-8-7-12(17)9-15(14)18)19-10-16(21)20-13-5-3-2-4-6-13/h2-9,11,19H,10H2,1H3,(H,20,21)/p+1/t11-/m0/s1. The van der Waals surface area contributed by atoms with E-state index in [-0.39, 0.29) is 11.9 Å². The lowest BCUT2D eigenvalue weighted by molar-refractivity contribution is -0.682. The van der Waals surface area contributed by atoms with E-state index in [1.54, 1.807) is 12.1 Å². The summed E-state index contributed by atoms with van der Waals surface area (Å²) < 4.78 is 0. The first kappa shape index (κ1) is 15.8. The molecule has 3 nitrogen and oxygen atoms in total. The Labute approximate surface area is 134 Å². The molecule has 110 valence electrons. The van der Waals surface area contributed by atoms with Gasteiger partial charge >= 0.3 is 0 Å². The molecule has 0 saturated heterocycles. The fourth-order valence-corrected chi connectivity index (χ4v) is 2.60. The molecule has 0 aliphatic carbocycles. The Kier molecular flexibility index (Phi) is 5.62. The maximum atomic E-state index is 11.9. The molecule has 0 aliphatic heterocycles. The van der Waals surface area contributed by atoms with Gasteiger partial charge in [0.15, 0.2) is 6.54 Å². The number of hydrogen-bond donors (Lipinski definition) is 2. The third kappa shape index (κ3) is 4.74. The molecule has 1 amide bonds. The highest BCUT2D eigenvalue weighted by molar-refractivity contribution is 6.35. The quantitative estimate of drug-likeness (QED) is 0.871. The number of amides is 1. The highest BCUT2D eigenvalue weighted by atomic mass is 35.5. The van der Waals surface area contributed by atoms with E-state index in [1.807, 2.05) is 48.6 Å². The summed E-state index contributed by atoms with van der Waals surface area (Å²) in [5.74, 6) is -0.0434. The minimum absolute atomic E-state index is 0.0434. The summed E-state index contributed by atoms with van der Waals surface area (Å²) in [5, 5.41) is 6.02. The molecule has 2 rings (SSSR count). The van der Waals surface area contributed by atoms with Crippen LogP contribution in [0.15, 0.2) is 48.5 Å². The molecule has 0 heterocycles. The highest BCUT2D eigenvalue weighted by Crippen LogP contribution is 2.24. The number of carbonyl (C=O) groups is 1. The molecule has 0 radical (unpaired) electrons. The average Bonchev–Trinajstić information content (AvgIpc) is 2.46. The maximum Gasteiger partial charge on any atom is 0.279 e. The number of carbonyl (C=O) groups excluding carboxylic acids is 1. The number of quaternary nitrogens is 1. The number of para-hydroxylation sites is 1. The van der Waals surface area contributed by atoms with E-state index in [0.29, 0.717) is 16.6 Å². The molecular weight excluding hydrogens is 307 g/mol. The normalized spacial score (nSPS) is 12.0. The molecule has 21 heavy (non-hydrogen) atoms. The number of nitrogens with one attached hydrogen (secondary N) is 1. The lowest BCUT2D eigenvalue weighted by Crippen LogP contribution is -2.86. The second kappa shape index (κ2) is 7.46. The van der Waals surface area contributed by atoms with Gasteiger partial charge in [0, 0.05) is 16.3 Å². The van der Waals surface area contributed by atoms with Gasteiger partial charge in [-0.15, -0.1) is 0 Å². The Morgan fingerprint density at radius 1 is 1.19 bits per heavy atom. The van der Waals surface area contributed by atoms with E-state index in [1.165, 1.54) is 0 Å². The molecular formula is C16H17Cl2N2O+. The van der Waals surface area contributed by atoms with Crippen molar-refractivity contribution in [1.29, 1.82) is 0 Å². The Hall–Kier alpha value is -1.55. The van der Waals surface area contributed by atoms with Crippen LogP contribution in [0.5, 0.6) is 0 Å². The van der Waals surface area contributed by atoms with Gasteiger partial charge in [0.25, 0.3) is 5.91 Å². The van der Waals surface area contributed by atoms with Crippen molar-refractivity contribution in [3.63, 3.8) is 0 Å². The van der Waals surface area contributed by atoms with E-state index < -0.39 is 0 Å². The number of anilines is 1. The van der Waals surface area contributed by atoms with Crippen molar-refractivity contribution < 1.29 is 10.1 Å². The van der Waals surface area contributed by atoms with Crippen LogP contribution in [0.1, 0.15) is 18.5 Å². The molecule has 0 aromatic heterocycles. The van der Waals surface area contributed by atoms with E-state index in [0.717, 1.165) is 11.3 Å².